The van der Waals surface area contributed by atoms with Crippen LogP contribution in [-0.4, -0.2) is 17.5 Å². The molecule has 0 saturated carbocycles. The highest BCUT2D eigenvalue weighted by molar-refractivity contribution is 7.13. The number of benzene rings is 2. The summed E-state index contributed by atoms with van der Waals surface area (Å²) in [5, 5.41) is 8.86. The summed E-state index contributed by atoms with van der Waals surface area (Å²) in [6, 6.07) is 15.3. The van der Waals surface area contributed by atoms with Crippen molar-refractivity contribution in [3.8, 4) is 5.75 Å². The number of hydrogen-bond acceptors (Lipinski definition) is 5. The highest BCUT2D eigenvalue weighted by Gasteiger charge is 2.05. The van der Waals surface area contributed by atoms with Crippen molar-refractivity contribution in [2.75, 3.05) is 17.2 Å². The van der Waals surface area contributed by atoms with E-state index in [9.17, 15) is 4.79 Å². The maximum absolute atomic E-state index is 12.0. The fourth-order valence-corrected chi connectivity index (χ4v) is 2.74. The Hall–Kier alpha value is -2.86. The van der Waals surface area contributed by atoms with Gasteiger partial charge in [0.2, 0.25) is 0 Å². The molecule has 2 N–H and O–H groups in total. The van der Waals surface area contributed by atoms with E-state index < -0.39 is 0 Å². The van der Waals surface area contributed by atoms with E-state index in [0.29, 0.717) is 12.3 Å². The van der Waals surface area contributed by atoms with Crippen LogP contribution in [0.3, 0.4) is 0 Å². The van der Waals surface area contributed by atoms with Gasteiger partial charge in [-0.1, -0.05) is 29.8 Å². The number of nitrogens with one attached hydrogen (secondary N) is 2. The largest absolute Gasteiger partial charge is 0.484 e. The number of nitrogens with zero attached hydrogens (tertiary/aromatic N) is 1. The normalized spacial score (nSPS) is 10.3. The molecule has 0 aliphatic rings. The lowest BCUT2D eigenvalue weighted by molar-refractivity contribution is -0.118. The minimum atomic E-state index is -0.185. The first-order valence-corrected chi connectivity index (χ1v) is 8.78. The lowest BCUT2D eigenvalue weighted by atomic mass is 10.2. The van der Waals surface area contributed by atoms with E-state index in [-0.39, 0.29) is 12.5 Å². The fourth-order valence-electron chi connectivity index (χ4n) is 2.22. The summed E-state index contributed by atoms with van der Waals surface area (Å²) in [4.78, 5) is 16.2. The number of hydrogen-bond donors (Lipinski definition) is 2. The molecule has 0 fully saturated rings. The van der Waals surface area contributed by atoms with Crippen molar-refractivity contribution in [1.29, 1.82) is 0 Å². The van der Waals surface area contributed by atoms with Gasteiger partial charge in [-0.05, 0) is 36.8 Å². The molecular weight excluding hydrogens is 334 g/mol. The van der Waals surface area contributed by atoms with Gasteiger partial charge in [0, 0.05) is 23.8 Å². The van der Waals surface area contributed by atoms with Gasteiger partial charge in [0.15, 0.2) is 11.7 Å². The molecule has 0 aliphatic heterocycles. The number of aromatic nitrogens is 1. The van der Waals surface area contributed by atoms with Gasteiger partial charge in [0.05, 0.1) is 0 Å². The van der Waals surface area contributed by atoms with E-state index in [1.54, 1.807) is 17.5 Å². The molecule has 0 unspecified atom stereocenters. The number of aryl methyl sites for hydroxylation is 1. The molecule has 0 atom stereocenters. The molecule has 0 saturated heterocycles. The molecule has 128 valence electrons. The van der Waals surface area contributed by atoms with Crippen LogP contribution in [0, 0.1) is 6.92 Å². The van der Waals surface area contributed by atoms with Crippen molar-refractivity contribution >= 4 is 28.1 Å². The Morgan fingerprint density at radius 2 is 2.04 bits per heavy atom. The summed E-state index contributed by atoms with van der Waals surface area (Å²) in [5.41, 5.74) is 2.98. The Bertz CT molecular complexity index is 817. The molecule has 3 rings (SSSR count). The van der Waals surface area contributed by atoms with Crippen LogP contribution in [0.2, 0.25) is 0 Å². The number of thiazole rings is 1. The molecule has 0 spiro atoms. The highest BCUT2D eigenvalue weighted by atomic mass is 32.1. The van der Waals surface area contributed by atoms with Gasteiger partial charge in [-0.2, -0.15) is 0 Å². The Kier molecular flexibility index (Phi) is 5.64. The lowest BCUT2D eigenvalue weighted by Crippen LogP contribution is -2.20. The quantitative estimate of drug-likeness (QED) is 0.672. The van der Waals surface area contributed by atoms with E-state index in [1.165, 1.54) is 0 Å². The van der Waals surface area contributed by atoms with E-state index in [1.807, 2.05) is 60.8 Å². The van der Waals surface area contributed by atoms with Gasteiger partial charge in [-0.15, -0.1) is 11.3 Å². The molecule has 1 aromatic heterocycles. The maximum Gasteiger partial charge on any atom is 0.262 e. The monoisotopic (exact) mass is 353 g/mol. The first kappa shape index (κ1) is 17.0. The third-order valence-corrected chi connectivity index (χ3v) is 4.21. The average molecular weight is 353 g/mol. The molecular formula is C19H19N3O2S. The fraction of sp³-hybridized carbons (Fsp3) is 0.158. The van der Waals surface area contributed by atoms with Crippen LogP contribution in [0.1, 0.15) is 11.1 Å². The molecule has 1 heterocycles. The van der Waals surface area contributed by atoms with Crippen LogP contribution >= 0.6 is 11.3 Å². The Balaban J connectivity index is 1.49. The van der Waals surface area contributed by atoms with Crippen LogP contribution < -0.4 is 15.4 Å². The SMILES string of the molecule is Cc1ccc(NC(=O)COc2cccc(CNc3nccs3)c2)cc1. The Morgan fingerprint density at radius 1 is 1.20 bits per heavy atom. The molecule has 2 aromatic carbocycles. The Labute approximate surface area is 150 Å². The molecule has 3 aromatic rings. The second-order valence-electron chi connectivity index (χ2n) is 5.54. The zero-order valence-electron chi connectivity index (χ0n) is 13.9. The first-order valence-electron chi connectivity index (χ1n) is 7.91. The van der Waals surface area contributed by atoms with Crippen molar-refractivity contribution in [1.82, 2.24) is 4.98 Å². The minimum Gasteiger partial charge on any atom is -0.484 e. The van der Waals surface area contributed by atoms with E-state index in [0.717, 1.165) is 21.9 Å². The molecule has 0 radical (unpaired) electrons. The average Bonchev–Trinajstić information content (AvgIpc) is 3.14. The molecule has 0 bridgehead atoms. The van der Waals surface area contributed by atoms with Gasteiger partial charge >= 0.3 is 0 Å². The van der Waals surface area contributed by atoms with Crippen molar-refractivity contribution in [3.05, 3.63) is 71.2 Å². The van der Waals surface area contributed by atoms with Crippen molar-refractivity contribution < 1.29 is 9.53 Å². The minimum absolute atomic E-state index is 0.0305. The van der Waals surface area contributed by atoms with Crippen molar-refractivity contribution in [3.63, 3.8) is 0 Å². The molecule has 6 heteroatoms. The first-order chi connectivity index (χ1) is 12.2. The number of carbonyl (C=O) groups excluding carboxylic acids is 1. The standard InChI is InChI=1S/C19H19N3O2S/c1-14-5-7-16(8-6-14)22-18(23)13-24-17-4-2-3-15(11-17)12-21-19-20-9-10-25-19/h2-11H,12-13H2,1H3,(H,20,21)(H,22,23). The van der Waals surface area contributed by atoms with E-state index in [4.69, 9.17) is 4.74 Å². The van der Waals surface area contributed by atoms with E-state index in [2.05, 4.69) is 15.6 Å². The summed E-state index contributed by atoms with van der Waals surface area (Å²) in [6.07, 6.45) is 1.76. The summed E-state index contributed by atoms with van der Waals surface area (Å²) in [5.74, 6) is 0.479. The number of anilines is 2. The summed E-state index contributed by atoms with van der Waals surface area (Å²) >= 11 is 1.56. The van der Waals surface area contributed by atoms with Crippen LogP contribution in [0.4, 0.5) is 10.8 Å². The summed E-state index contributed by atoms with van der Waals surface area (Å²) < 4.78 is 5.59. The highest BCUT2D eigenvalue weighted by Crippen LogP contribution is 2.16. The van der Waals surface area contributed by atoms with Gasteiger partial charge in [-0.3, -0.25) is 4.79 Å². The smallest absolute Gasteiger partial charge is 0.262 e. The topological polar surface area (TPSA) is 63.2 Å². The second-order valence-corrected chi connectivity index (χ2v) is 6.44. The second kappa shape index (κ2) is 8.30. The summed E-state index contributed by atoms with van der Waals surface area (Å²) in [6.45, 7) is 2.63. The predicted molar refractivity (Wildman–Crippen MR) is 101 cm³/mol. The third kappa shape index (κ3) is 5.32. The maximum atomic E-state index is 12.0. The molecule has 25 heavy (non-hydrogen) atoms. The number of carbonyl (C=O) groups is 1. The Morgan fingerprint density at radius 3 is 2.80 bits per heavy atom. The van der Waals surface area contributed by atoms with Crippen molar-refractivity contribution in [2.45, 2.75) is 13.5 Å². The van der Waals surface area contributed by atoms with Gasteiger partial charge in [0.1, 0.15) is 5.75 Å². The van der Waals surface area contributed by atoms with E-state index >= 15 is 0 Å². The molecule has 0 aliphatic carbocycles. The molecule has 5 nitrogen and oxygen atoms in total. The lowest BCUT2D eigenvalue weighted by Gasteiger charge is -2.09. The van der Waals surface area contributed by atoms with Crippen molar-refractivity contribution in [2.24, 2.45) is 0 Å². The summed E-state index contributed by atoms with van der Waals surface area (Å²) in [7, 11) is 0. The third-order valence-electron chi connectivity index (χ3n) is 3.48. The number of rotatable bonds is 7. The van der Waals surface area contributed by atoms with Crippen LogP contribution in [0.15, 0.2) is 60.1 Å². The van der Waals surface area contributed by atoms with Gasteiger partial charge in [-0.25, -0.2) is 4.98 Å². The number of ether oxygens (including phenoxy) is 1. The van der Waals surface area contributed by atoms with Gasteiger partial charge in [0.25, 0.3) is 5.91 Å². The zero-order chi connectivity index (χ0) is 17.5. The van der Waals surface area contributed by atoms with Gasteiger partial charge < -0.3 is 15.4 Å². The van der Waals surface area contributed by atoms with Crippen LogP contribution in [-0.2, 0) is 11.3 Å². The van der Waals surface area contributed by atoms with Crippen LogP contribution in [0.5, 0.6) is 5.75 Å². The zero-order valence-corrected chi connectivity index (χ0v) is 14.7. The number of amides is 1. The predicted octanol–water partition coefficient (Wildman–Crippen LogP) is 4.08. The van der Waals surface area contributed by atoms with Crippen LogP contribution in [0.25, 0.3) is 0 Å². The molecule has 1 amide bonds.